The summed E-state index contributed by atoms with van der Waals surface area (Å²) < 4.78 is 13.2. The first kappa shape index (κ1) is 22.2. The Hall–Kier alpha value is -3.13. The van der Waals surface area contributed by atoms with Gasteiger partial charge in [0.2, 0.25) is 5.91 Å². The molecule has 0 unspecified atom stereocenters. The number of nitrogens with two attached hydrogens (primary N) is 1. The first-order chi connectivity index (χ1) is 13.5. The number of halogens is 2. The van der Waals surface area contributed by atoms with Crippen LogP contribution in [-0.4, -0.2) is 32.4 Å². The lowest BCUT2D eigenvalue weighted by molar-refractivity contribution is -0.116. The van der Waals surface area contributed by atoms with Gasteiger partial charge in [0.15, 0.2) is 0 Å². The third kappa shape index (κ3) is 6.76. The third-order valence-electron chi connectivity index (χ3n) is 4.18. The summed E-state index contributed by atoms with van der Waals surface area (Å²) in [5.41, 5.74) is 7.74. The van der Waals surface area contributed by atoms with Gasteiger partial charge in [0, 0.05) is 37.5 Å². The van der Waals surface area contributed by atoms with Crippen molar-refractivity contribution in [2.24, 2.45) is 5.73 Å². The molecular formula is C20H22ClFN6O. The van der Waals surface area contributed by atoms with E-state index < -0.39 is 5.91 Å². The zero-order valence-corrected chi connectivity index (χ0v) is 16.7. The minimum atomic E-state index is -0.477. The molecule has 0 aliphatic heterocycles. The normalized spacial score (nSPS) is 11.4. The maximum Gasteiger partial charge on any atom is 0.236 e. The minimum Gasteiger partial charge on any atom is -0.368 e. The number of carbonyl (C=O) groups excluding carboxylic acids is 1. The standard InChI is InChI=1S/C20H21FN6O.ClH/c1-13(14-2-4-15(21)5-3-14)8-20-26-16(9-17-11-23-6-7-24-17)10-19(27-20)25-12-18(22)28;/h2-7,10-11,13H,8-9,12H2,1H3,(H2,22,28)(H,25,26,27);1H/t13-;/m1./s1. The molecule has 0 bridgehead atoms. The van der Waals surface area contributed by atoms with Crippen LogP contribution in [0.2, 0.25) is 0 Å². The van der Waals surface area contributed by atoms with Crippen LogP contribution in [0.15, 0.2) is 48.9 Å². The van der Waals surface area contributed by atoms with Crippen molar-refractivity contribution in [2.75, 3.05) is 11.9 Å². The monoisotopic (exact) mass is 416 g/mol. The van der Waals surface area contributed by atoms with Crippen LogP contribution in [0.5, 0.6) is 0 Å². The summed E-state index contributed by atoms with van der Waals surface area (Å²) in [5.74, 6) is 0.488. The fraction of sp³-hybridized carbons (Fsp3) is 0.250. The van der Waals surface area contributed by atoms with Gasteiger partial charge in [-0.1, -0.05) is 19.1 Å². The van der Waals surface area contributed by atoms with Crippen molar-refractivity contribution in [3.8, 4) is 0 Å². The molecule has 0 saturated heterocycles. The topological polar surface area (TPSA) is 107 Å². The number of amides is 1. The van der Waals surface area contributed by atoms with Crippen LogP contribution in [0.4, 0.5) is 10.2 Å². The Morgan fingerprint density at radius 1 is 1.17 bits per heavy atom. The van der Waals surface area contributed by atoms with E-state index in [4.69, 9.17) is 5.73 Å². The van der Waals surface area contributed by atoms with Gasteiger partial charge in [-0.15, -0.1) is 12.4 Å². The lowest BCUT2D eigenvalue weighted by Gasteiger charge is -2.13. The number of nitrogens with one attached hydrogen (secondary N) is 1. The summed E-state index contributed by atoms with van der Waals surface area (Å²) in [6.45, 7) is 2.01. The Kier molecular flexibility index (Phi) is 7.97. The molecule has 0 spiro atoms. The SMILES string of the molecule is C[C@H](Cc1nc(Cc2cnccn2)cc(NCC(N)=O)n1)c1ccc(F)cc1.Cl. The fourth-order valence-corrected chi connectivity index (χ4v) is 2.79. The molecule has 29 heavy (non-hydrogen) atoms. The molecule has 1 atom stereocenters. The summed E-state index contributed by atoms with van der Waals surface area (Å²) in [6.07, 6.45) is 5.96. The molecule has 3 aromatic rings. The number of rotatable bonds is 8. The summed E-state index contributed by atoms with van der Waals surface area (Å²) >= 11 is 0. The van der Waals surface area contributed by atoms with E-state index in [1.54, 1.807) is 36.8 Å². The van der Waals surface area contributed by atoms with E-state index in [2.05, 4.69) is 25.3 Å². The number of carbonyl (C=O) groups is 1. The van der Waals surface area contributed by atoms with E-state index in [9.17, 15) is 9.18 Å². The molecule has 1 aromatic carbocycles. The van der Waals surface area contributed by atoms with Gasteiger partial charge in [0.1, 0.15) is 17.5 Å². The summed E-state index contributed by atoms with van der Waals surface area (Å²) in [7, 11) is 0. The molecule has 1 amide bonds. The first-order valence-electron chi connectivity index (χ1n) is 8.89. The van der Waals surface area contributed by atoms with E-state index in [1.807, 2.05) is 6.92 Å². The van der Waals surface area contributed by atoms with Gasteiger partial charge >= 0.3 is 0 Å². The summed E-state index contributed by atoms with van der Waals surface area (Å²) in [4.78, 5) is 28.5. The molecule has 7 nitrogen and oxygen atoms in total. The van der Waals surface area contributed by atoms with Gasteiger partial charge in [-0.3, -0.25) is 14.8 Å². The lowest BCUT2D eigenvalue weighted by atomic mass is 9.97. The highest BCUT2D eigenvalue weighted by molar-refractivity contribution is 5.85. The largest absolute Gasteiger partial charge is 0.368 e. The van der Waals surface area contributed by atoms with Crippen LogP contribution < -0.4 is 11.1 Å². The molecule has 3 rings (SSSR count). The van der Waals surface area contributed by atoms with Crippen molar-refractivity contribution >= 4 is 24.1 Å². The van der Waals surface area contributed by atoms with Gasteiger partial charge in [-0.05, 0) is 23.6 Å². The predicted octanol–water partition coefficient (Wildman–Crippen LogP) is 2.66. The number of primary amides is 1. The highest BCUT2D eigenvalue weighted by Gasteiger charge is 2.12. The van der Waals surface area contributed by atoms with E-state index in [0.29, 0.717) is 24.5 Å². The fourth-order valence-electron chi connectivity index (χ4n) is 2.79. The Labute approximate surface area is 174 Å². The van der Waals surface area contributed by atoms with Gasteiger partial charge < -0.3 is 11.1 Å². The van der Waals surface area contributed by atoms with Crippen LogP contribution >= 0.6 is 12.4 Å². The first-order valence-corrected chi connectivity index (χ1v) is 8.89. The smallest absolute Gasteiger partial charge is 0.236 e. The molecule has 152 valence electrons. The van der Waals surface area contributed by atoms with E-state index in [-0.39, 0.29) is 30.7 Å². The number of hydrogen-bond donors (Lipinski definition) is 2. The minimum absolute atomic E-state index is 0. The maximum absolute atomic E-state index is 13.2. The number of aromatic nitrogens is 4. The van der Waals surface area contributed by atoms with E-state index >= 15 is 0 Å². The molecule has 0 radical (unpaired) electrons. The summed E-state index contributed by atoms with van der Waals surface area (Å²) in [5, 5.41) is 2.92. The highest BCUT2D eigenvalue weighted by Crippen LogP contribution is 2.21. The number of nitrogens with zero attached hydrogens (tertiary/aromatic N) is 4. The molecule has 3 N–H and O–H groups in total. The molecule has 0 aliphatic carbocycles. The van der Waals surface area contributed by atoms with Crippen LogP contribution in [0, 0.1) is 5.82 Å². The second-order valence-corrected chi connectivity index (χ2v) is 6.51. The van der Waals surface area contributed by atoms with Gasteiger partial charge in [0.05, 0.1) is 17.9 Å². The Morgan fingerprint density at radius 3 is 2.59 bits per heavy atom. The van der Waals surface area contributed by atoms with Crippen LogP contribution in [0.1, 0.15) is 35.6 Å². The van der Waals surface area contributed by atoms with Crippen molar-refractivity contribution in [1.29, 1.82) is 0 Å². The van der Waals surface area contributed by atoms with E-state index in [1.165, 1.54) is 12.1 Å². The lowest BCUT2D eigenvalue weighted by Crippen LogP contribution is -2.22. The molecule has 0 aliphatic rings. The number of benzene rings is 1. The maximum atomic E-state index is 13.2. The number of hydrogen-bond acceptors (Lipinski definition) is 6. The quantitative estimate of drug-likeness (QED) is 0.584. The van der Waals surface area contributed by atoms with Crippen LogP contribution in [-0.2, 0) is 17.6 Å². The molecule has 2 aromatic heterocycles. The van der Waals surface area contributed by atoms with Gasteiger partial charge in [-0.25, -0.2) is 14.4 Å². The molecule has 0 saturated carbocycles. The second-order valence-electron chi connectivity index (χ2n) is 6.51. The highest BCUT2D eigenvalue weighted by atomic mass is 35.5. The molecular weight excluding hydrogens is 395 g/mol. The van der Waals surface area contributed by atoms with Crippen molar-refractivity contribution in [3.05, 3.63) is 77.5 Å². The van der Waals surface area contributed by atoms with Gasteiger partial charge in [-0.2, -0.15) is 0 Å². The van der Waals surface area contributed by atoms with Crippen LogP contribution in [0.25, 0.3) is 0 Å². The zero-order chi connectivity index (χ0) is 19.9. The summed E-state index contributed by atoms with van der Waals surface area (Å²) in [6, 6.07) is 8.17. The Balaban J connectivity index is 0.00000300. The predicted molar refractivity (Wildman–Crippen MR) is 110 cm³/mol. The van der Waals surface area contributed by atoms with Gasteiger partial charge in [0.25, 0.3) is 0 Å². The molecule has 2 heterocycles. The zero-order valence-electron chi connectivity index (χ0n) is 15.9. The average Bonchev–Trinajstić information content (AvgIpc) is 2.67. The second kappa shape index (κ2) is 10.4. The Morgan fingerprint density at radius 2 is 1.93 bits per heavy atom. The Bertz CT molecular complexity index is 939. The third-order valence-corrected chi connectivity index (χ3v) is 4.18. The van der Waals surface area contributed by atoms with Crippen molar-refractivity contribution in [2.45, 2.75) is 25.7 Å². The van der Waals surface area contributed by atoms with Crippen molar-refractivity contribution < 1.29 is 9.18 Å². The average molecular weight is 417 g/mol. The van der Waals surface area contributed by atoms with Crippen molar-refractivity contribution in [1.82, 2.24) is 19.9 Å². The van der Waals surface area contributed by atoms with Crippen LogP contribution in [0.3, 0.4) is 0 Å². The molecule has 0 fully saturated rings. The van der Waals surface area contributed by atoms with E-state index in [0.717, 1.165) is 17.0 Å². The number of anilines is 1. The molecule has 9 heteroatoms. The van der Waals surface area contributed by atoms with Crippen molar-refractivity contribution in [3.63, 3.8) is 0 Å².